The number of nitrogens with zero attached hydrogens (tertiary/aromatic N) is 1. The predicted octanol–water partition coefficient (Wildman–Crippen LogP) is 3.16. The smallest absolute Gasteiger partial charge is 0.0722 e. The van der Waals surface area contributed by atoms with Crippen molar-refractivity contribution in [2.24, 2.45) is 5.73 Å². The molecular weight excluding hydrogens is 222 g/mol. The molecule has 1 aromatic heterocycles. The summed E-state index contributed by atoms with van der Waals surface area (Å²) in [5.41, 5.74) is 7.98. The van der Waals surface area contributed by atoms with Crippen molar-refractivity contribution in [2.45, 2.75) is 32.2 Å². The zero-order chi connectivity index (χ0) is 12.8. The third-order valence-corrected chi connectivity index (χ3v) is 3.20. The van der Waals surface area contributed by atoms with Gasteiger partial charge >= 0.3 is 0 Å². The number of nitrogens with one attached hydrogen (secondary N) is 1. The normalized spacial score (nSPS) is 12.6. The maximum absolute atomic E-state index is 5.83. The highest BCUT2D eigenvalue weighted by Crippen LogP contribution is 2.22. The van der Waals surface area contributed by atoms with Crippen LogP contribution in [0.4, 0.5) is 5.69 Å². The third kappa shape index (κ3) is 2.99. The van der Waals surface area contributed by atoms with Crippen molar-refractivity contribution in [1.29, 1.82) is 0 Å². The topological polar surface area (TPSA) is 50.9 Å². The first-order chi connectivity index (χ1) is 8.85. The van der Waals surface area contributed by atoms with Crippen LogP contribution in [0.25, 0.3) is 10.9 Å². The number of benzene rings is 1. The van der Waals surface area contributed by atoms with E-state index in [1.807, 2.05) is 30.5 Å². The molecule has 2 rings (SSSR count). The molecule has 3 N–H and O–H groups in total. The first kappa shape index (κ1) is 12.8. The van der Waals surface area contributed by atoms with E-state index in [-0.39, 0.29) is 0 Å². The Kier molecular flexibility index (Phi) is 4.53. The summed E-state index contributed by atoms with van der Waals surface area (Å²) in [4.78, 5) is 4.37. The van der Waals surface area contributed by atoms with Gasteiger partial charge in [0.1, 0.15) is 0 Å². The first-order valence-electron chi connectivity index (χ1n) is 6.65. The van der Waals surface area contributed by atoms with Crippen LogP contribution in [0, 0.1) is 0 Å². The van der Waals surface area contributed by atoms with Gasteiger partial charge in [0.15, 0.2) is 0 Å². The van der Waals surface area contributed by atoms with Gasteiger partial charge in [-0.15, -0.1) is 0 Å². The third-order valence-electron chi connectivity index (χ3n) is 3.20. The van der Waals surface area contributed by atoms with E-state index in [4.69, 9.17) is 5.73 Å². The molecule has 2 aromatic rings. The van der Waals surface area contributed by atoms with Gasteiger partial charge in [-0.25, -0.2) is 0 Å². The molecule has 3 nitrogen and oxygen atoms in total. The lowest BCUT2D eigenvalue weighted by Crippen LogP contribution is -2.28. The van der Waals surface area contributed by atoms with Crippen LogP contribution in [0.15, 0.2) is 36.5 Å². The van der Waals surface area contributed by atoms with Crippen molar-refractivity contribution in [3.8, 4) is 0 Å². The van der Waals surface area contributed by atoms with E-state index >= 15 is 0 Å². The maximum Gasteiger partial charge on any atom is 0.0722 e. The highest BCUT2D eigenvalue weighted by Gasteiger charge is 2.08. The first-order valence-corrected chi connectivity index (χ1v) is 6.65. The molecule has 0 fully saturated rings. The summed E-state index contributed by atoms with van der Waals surface area (Å²) in [7, 11) is 0. The minimum absolute atomic E-state index is 0.343. The molecule has 0 saturated carbocycles. The van der Waals surface area contributed by atoms with Crippen molar-refractivity contribution in [3.05, 3.63) is 36.5 Å². The van der Waals surface area contributed by atoms with E-state index in [2.05, 4.69) is 23.3 Å². The molecule has 0 aliphatic heterocycles. The molecule has 96 valence electrons. The van der Waals surface area contributed by atoms with Gasteiger partial charge in [0.2, 0.25) is 0 Å². The number of nitrogens with two attached hydrogens (primary N) is 1. The Labute approximate surface area is 108 Å². The Hall–Kier alpha value is -1.61. The highest BCUT2D eigenvalue weighted by atomic mass is 14.9. The fourth-order valence-corrected chi connectivity index (χ4v) is 2.14. The van der Waals surface area contributed by atoms with Gasteiger partial charge < -0.3 is 11.1 Å². The predicted molar refractivity (Wildman–Crippen MR) is 77.7 cm³/mol. The molecule has 0 bridgehead atoms. The number of pyridine rings is 1. The quantitative estimate of drug-likeness (QED) is 0.819. The molecule has 0 spiro atoms. The minimum Gasteiger partial charge on any atom is -0.380 e. The number of para-hydroxylation sites is 1. The van der Waals surface area contributed by atoms with E-state index in [0.29, 0.717) is 12.6 Å². The Bertz CT molecular complexity index is 491. The molecule has 0 radical (unpaired) electrons. The second kappa shape index (κ2) is 6.36. The molecule has 1 heterocycles. The number of unbranched alkanes of at least 4 members (excludes halogenated alkanes) is 1. The van der Waals surface area contributed by atoms with Crippen LogP contribution < -0.4 is 11.1 Å². The lowest BCUT2D eigenvalue weighted by Gasteiger charge is -2.19. The maximum atomic E-state index is 5.83. The summed E-state index contributed by atoms with van der Waals surface area (Å²) < 4.78 is 0. The molecule has 0 amide bonds. The number of fused-ring (bicyclic) bond motifs is 1. The van der Waals surface area contributed by atoms with Gasteiger partial charge in [0.25, 0.3) is 0 Å². The fraction of sp³-hybridized carbons (Fsp3) is 0.400. The molecule has 1 aromatic carbocycles. The Morgan fingerprint density at radius 1 is 1.28 bits per heavy atom. The minimum atomic E-state index is 0.343. The number of hydrogen-bond acceptors (Lipinski definition) is 3. The highest BCUT2D eigenvalue weighted by molar-refractivity contribution is 5.90. The van der Waals surface area contributed by atoms with Gasteiger partial charge in [-0.3, -0.25) is 4.98 Å². The Morgan fingerprint density at radius 3 is 2.89 bits per heavy atom. The monoisotopic (exact) mass is 243 g/mol. The Balaban J connectivity index is 2.19. The summed E-state index contributed by atoms with van der Waals surface area (Å²) >= 11 is 0. The van der Waals surface area contributed by atoms with Crippen molar-refractivity contribution < 1.29 is 0 Å². The van der Waals surface area contributed by atoms with E-state index in [9.17, 15) is 0 Å². The van der Waals surface area contributed by atoms with Crippen molar-refractivity contribution in [3.63, 3.8) is 0 Å². The second-order valence-electron chi connectivity index (χ2n) is 4.59. The van der Waals surface area contributed by atoms with Crippen LogP contribution in [0.5, 0.6) is 0 Å². The largest absolute Gasteiger partial charge is 0.380 e. The number of anilines is 1. The molecule has 18 heavy (non-hydrogen) atoms. The van der Waals surface area contributed by atoms with Gasteiger partial charge in [0.05, 0.1) is 5.52 Å². The van der Waals surface area contributed by atoms with E-state index < -0.39 is 0 Å². The van der Waals surface area contributed by atoms with Crippen LogP contribution >= 0.6 is 0 Å². The zero-order valence-electron chi connectivity index (χ0n) is 10.9. The van der Waals surface area contributed by atoms with Gasteiger partial charge in [-0.05, 0) is 18.6 Å². The molecule has 3 heteroatoms. The van der Waals surface area contributed by atoms with E-state index in [1.165, 1.54) is 12.8 Å². The fourth-order valence-electron chi connectivity index (χ4n) is 2.14. The molecule has 0 saturated heterocycles. The summed E-state index contributed by atoms with van der Waals surface area (Å²) in [6.45, 7) is 2.87. The van der Waals surface area contributed by atoms with Gasteiger partial charge in [-0.2, -0.15) is 0 Å². The van der Waals surface area contributed by atoms with Crippen molar-refractivity contribution in [2.75, 3.05) is 11.9 Å². The molecule has 1 unspecified atom stereocenters. The summed E-state index contributed by atoms with van der Waals surface area (Å²) in [5.74, 6) is 0. The lowest BCUT2D eigenvalue weighted by atomic mass is 10.1. The molecular formula is C15H21N3. The average molecular weight is 243 g/mol. The van der Waals surface area contributed by atoms with Crippen LogP contribution in [-0.2, 0) is 0 Å². The lowest BCUT2D eigenvalue weighted by molar-refractivity contribution is 0.614. The van der Waals surface area contributed by atoms with Gasteiger partial charge in [0, 0.05) is 29.9 Å². The van der Waals surface area contributed by atoms with Crippen LogP contribution in [0.3, 0.4) is 0 Å². The average Bonchev–Trinajstić information content (AvgIpc) is 2.43. The standard InChI is InChI=1S/C15H21N3/c1-2-3-6-12(11-16)18-15-9-10-17-14-8-5-4-7-13(14)15/h4-5,7-10,12H,2-3,6,11,16H2,1H3,(H,17,18). The summed E-state index contributed by atoms with van der Waals surface area (Å²) in [5, 5.41) is 4.70. The summed E-state index contributed by atoms with van der Waals surface area (Å²) in [6.07, 6.45) is 5.37. The van der Waals surface area contributed by atoms with Gasteiger partial charge in [-0.1, -0.05) is 38.0 Å². The molecule has 0 aliphatic carbocycles. The van der Waals surface area contributed by atoms with Crippen LogP contribution in [-0.4, -0.2) is 17.6 Å². The number of aromatic nitrogens is 1. The van der Waals surface area contributed by atoms with Crippen molar-refractivity contribution in [1.82, 2.24) is 4.98 Å². The second-order valence-corrected chi connectivity index (χ2v) is 4.59. The molecule has 1 atom stereocenters. The Morgan fingerprint density at radius 2 is 2.11 bits per heavy atom. The molecule has 0 aliphatic rings. The van der Waals surface area contributed by atoms with E-state index in [0.717, 1.165) is 23.0 Å². The zero-order valence-corrected chi connectivity index (χ0v) is 10.9. The summed E-state index contributed by atoms with van der Waals surface area (Å²) in [6, 6.07) is 10.5. The van der Waals surface area contributed by atoms with Crippen LogP contribution in [0.1, 0.15) is 26.2 Å². The van der Waals surface area contributed by atoms with E-state index in [1.54, 1.807) is 0 Å². The van der Waals surface area contributed by atoms with Crippen LogP contribution in [0.2, 0.25) is 0 Å². The number of hydrogen-bond donors (Lipinski definition) is 2. The van der Waals surface area contributed by atoms with Crippen molar-refractivity contribution >= 4 is 16.6 Å². The number of rotatable bonds is 6. The SMILES string of the molecule is CCCCC(CN)Nc1ccnc2ccccc12.